The van der Waals surface area contributed by atoms with E-state index >= 15 is 0 Å². The van der Waals surface area contributed by atoms with Gasteiger partial charge in [-0.15, -0.1) is 0 Å². The van der Waals surface area contributed by atoms with E-state index in [2.05, 4.69) is 0 Å². The lowest BCUT2D eigenvalue weighted by Crippen LogP contribution is -2.40. The Kier molecular flexibility index (Phi) is 4.32. The number of β-amino-alcohol motifs (C(OH)–C–C–N with tert-alkyl or cyclic N) is 1. The summed E-state index contributed by atoms with van der Waals surface area (Å²) in [7, 11) is 2.91. The minimum Gasteiger partial charge on any atom is -0.497 e. The van der Waals surface area contributed by atoms with E-state index < -0.39 is 24.0 Å². The Morgan fingerprint density at radius 2 is 2.00 bits per heavy atom. The highest BCUT2D eigenvalue weighted by atomic mass is 16.5. The molecule has 0 bridgehead atoms. The van der Waals surface area contributed by atoms with Crippen LogP contribution in [-0.2, 0) is 4.79 Å². The molecule has 0 saturated carbocycles. The van der Waals surface area contributed by atoms with Gasteiger partial charge in [-0.1, -0.05) is 0 Å². The van der Waals surface area contributed by atoms with E-state index in [0.717, 1.165) is 4.90 Å². The van der Waals surface area contributed by atoms with E-state index in [9.17, 15) is 14.7 Å². The van der Waals surface area contributed by atoms with Crippen molar-refractivity contribution in [3.8, 4) is 11.5 Å². The van der Waals surface area contributed by atoms with Crippen LogP contribution < -0.4 is 9.47 Å². The number of hydrogen-bond donors (Lipinski definition) is 2. The third kappa shape index (κ3) is 2.92. The summed E-state index contributed by atoms with van der Waals surface area (Å²) in [4.78, 5) is 24.9. The molecule has 0 aliphatic carbocycles. The highest BCUT2D eigenvalue weighted by molar-refractivity contribution is 5.99. The third-order valence-electron chi connectivity index (χ3n) is 3.46. The van der Waals surface area contributed by atoms with Crippen LogP contribution in [0.3, 0.4) is 0 Å². The van der Waals surface area contributed by atoms with E-state index in [4.69, 9.17) is 14.6 Å². The maximum Gasteiger partial charge on any atom is 0.326 e. The number of aliphatic hydroxyl groups excluding tert-OH is 1. The largest absolute Gasteiger partial charge is 0.497 e. The minimum atomic E-state index is -1.13. The molecule has 1 aromatic carbocycles. The van der Waals surface area contributed by atoms with Crippen LogP contribution in [0.25, 0.3) is 0 Å². The predicted molar refractivity (Wildman–Crippen MR) is 72.6 cm³/mol. The zero-order valence-electron chi connectivity index (χ0n) is 11.8. The average molecular weight is 295 g/mol. The number of carbonyl (C=O) groups excluding carboxylic acids is 1. The molecule has 7 heteroatoms. The number of carboxylic acids is 1. The molecule has 0 aromatic heterocycles. The molecule has 1 fully saturated rings. The van der Waals surface area contributed by atoms with Crippen LogP contribution in [0.15, 0.2) is 18.2 Å². The van der Waals surface area contributed by atoms with E-state index in [0.29, 0.717) is 11.5 Å². The summed E-state index contributed by atoms with van der Waals surface area (Å²) in [5, 5.41) is 18.8. The maximum absolute atomic E-state index is 12.5. The number of benzene rings is 1. The van der Waals surface area contributed by atoms with Crippen LogP contribution in [0.5, 0.6) is 11.5 Å². The topological polar surface area (TPSA) is 96.3 Å². The van der Waals surface area contributed by atoms with Crippen molar-refractivity contribution in [2.75, 3.05) is 20.8 Å². The van der Waals surface area contributed by atoms with Gasteiger partial charge in [0.2, 0.25) is 0 Å². The fourth-order valence-electron chi connectivity index (χ4n) is 2.40. The van der Waals surface area contributed by atoms with Gasteiger partial charge in [-0.05, 0) is 12.1 Å². The number of carboxylic acid groups (broad SMARTS) is 1. The summed E-state index contributed by atoms with van der Waals surface area (Å²) in [6, 6.07) is 3.64. The number of hydrogen-bond acceptors (Lipinski definition) is 5. The molecule has 7 nitrogen and oxygen atoms in total. The Balaban J connectivity index is 2.33. The number of ether oxygens (including phenoxy) is 2. The van der Waals surface area contributed by atoms with Crippen LogP contribution in [0.2, 0.25) is 0 Å². The van der Waals surface area contributed by atoms with Gasteiger partial charge in [-0.25, -0.2) is 4.79 Å². The number of likely N-dealkylation sites (tertiary alicyclic amines) is 1. The highest BCUT2D eigenvalue weighted by Gasteiger charge is 2.39. The van der Waals surface area contributed by atoms with Crippen LogP contribution in [0.1, 0.15) is 16.8 Å². The fourth-order valence-corrected chi connectivity index (χ4v) is 2.40. The molecular formula is C14H17NO6. The molecule has 2 N–H and O–H groups in total. The third-order valence-corrected chi connectivity index (χ3v) is 3.46. The maximum atomic E-state index is 12.5. The van der Waals surface area contributed by atoms with Crippen molar-refractivity contribution < 1.29 is 29.3 Å². The summed E-state index contributed by atoms with van der Waals surface area (Å²) in [6.45, 7) is -0.00894. The quantitative estimate of drug-likeness (QED) is 0.833. The molecule has 2 rings (SSSR count). The van der Waals surface area contributed by atoms with Crippen molar-refractivity contribution in [2.45, 2.75) is 18.6 Å². The molecule has 1 aromatic rings. The number of aliphatic hydroxyl groups is 1. The second-order valence-corrected chi connectivity index (χ2v) is 4.77. The predicted octanol–water partition coefficient (Wildman–Crippen LogP) is 0.364. The van der Waals surface area contributed by atoms with Gasteiger partial charge in [-0.3, -0.25) is 4.79 Å². The Morgan fingerprint density at radius 3 is 2.57 bits per heavy atom. The molecule has 1 aliphatic heterocycles. The molecule has 1 saturated heterocycles. The zero-order valence-corrected chi connectivity index (χ0v) is 11.8. The summed E-state index contributed by atoms with van der Waals surface area (Å²) >= 11 is 0. The normalized spacial score (nSPS) is 21.2. The average Bonchev–Trinajstić information content (AvgIpc) is 2.88. The van der Waals surface area contributed by atoms with Crippen molar-refractivity contribution in [1.29, 1.82) is 0 Å². The summed E-state index contributed by atoms with van der Waals surface area (Å²) in [5.41, 5.74) is 0.235. The lowest BCUT2D eigenvalue weighted by Gasteiger charge is -2.22. The minimum absolute atomic E-state index is 0.00894. The van der Waals surface area contributed by atoms with Gasteiger partial charge in [-0.2, -0.15) is 0 Å². The molecule has 1 heterocycles. The second-order valence-electron chi connectivity index (χ2n) is 4.77. The Hall–Kier alpha value is -2.28. The monoisotopic (exact) mass is 295 g/mol. The second kappa shape index (κ2) is 6.01. The van der Waals surface area contributed by atoms with Crippen molar-refractivity contribution in [2.24, 2.45) is 0 Å². The Bertz CT molecular complexity index is 558. The lowest BCUT2D eigenvalue weighted by molar-refractivity contribution is -0.141. The first-order chi connectivity index (χ1) is 9.97. The van der Waals surface area contributed by atoms with Crippen molar-refractivity contribution in [3.05, 3.63) is 23.8 Å². The first kappa shape index (κ1) is 15.1. The molecule has 1 amide bonds. The van der Waals surface area contributed by atoms with Gasteiger partial charge >= 0.3 is 5.97 Å². The molecule has 21 heavy (non-hydrogen) atoms. The van der Waals surface area contributed by atoms with Crippen LogP contribution in [-0.4, -0.2) is 59.9 Å². The van der Waals surface area contributed by atoms with Crippen molar-refractivity contribution >= 4 is 11.9 Å². The van der Waals surface area contributed by atoms with E-state index in [-0.39, 0.29) is 18.5 Å². The molecule has 0 radical (unpaired) electrons. The van der Waals surface area contributed by atoms with E-state index in [1.165, 1.54) is 20.3 Å². The van der Waals surface area contributed by atoms with Crippen LogP contribution in [0.4, 0.5) is 0 Å². The standard InChI is InChI=1S/C14H17NO6/c1-20-9-3-4-10(12(6-9)21-2)13(17)15-7-8(16)5-11(15)14(18)19/h3-4,6,8,11,16H,5,7H2,1-2H3,(H,18,19). The number of amides is 1. The van der Waals surface area contributed by atoms with Gasteiger partial charge in [0.05, 0.1) is 25.9 Å². The fraction of sp³-hybridized carbons (Fsp3) is 0.429. The summed E-state index contributed by atoms with van der Waals surface area (Å²) in [5.74, 6) is -0.796. The first-order valence-electron chi connectivity index (χ1n) is 6.41. The number of aliphatic carboxylic acids is 1. The Morgan fingerprint density at radius 1 is 1.29 bits per heavy atom. The number of carbonyl (C=O) groups is 2. The van der Waals surface area contributed by atoms with Gasteiger partial charge in [0.1, 0.15) is 17.5 Å². The summed E-state index contributed by atoms with van der Waals surface area (Å²) in [6.07, 6.45) is -0.807. The van der Waals surface area contributed by atoms with E-state index in [1.807, 2.05) is 0 Å². The zero-order chi connectivity index (χ0) is 15.6. The smallest absolute Gasteiger partial charge is 0.326 e. The molecule has 0 spiro atoms. The van der Waals surface area contributed by atoms with Crippen molar-refractivity contribution in [3.63, 3.8) is 0 Å². The molecule has 2 unspecified atom stereocenters. The molecule has 114 valence electrons. The Labute approximate surface area is 121 Å². The van der Waals surface area contributed by atoms with E-state index in [1.54, 1.807) is 12.1 Å². The molecule has 2 atom stereocenters. The molecule has 1 aliphatic rings. The van der Waals surface area contributed by atoms with Gasteiger partial charge in [0, 0.05) is 19.0 Å². The summed E-state index contributed by atoms with van der Waals surface area (Å²) < 4.78 is 10.2. The van der Waals surface area contributed by atoms with Crippen molar-refractivity contribution in [1.82, 2.24) is 4.90 Å². The highest BCUT2D eigenvalue weighted by Crippen LogP contribution is 2.28. The number of nitrogens with zero attached hydrogens (tertiary/aromatic N) is 1. The first-order valence-corrected chi connectivity index (χ1v) is 6.41. The number of rotatable bonds is 4. The lowest BCUT2D eigenvalue weighted by atomic mass is 10.1. The SMILES string of the molecule is COc1ccc(C(=O)N2CC(O)CC2C(=O)O)c(OC)c1. The van der Waals surface area contributed by atoms with Gasteiger partial charge in [0.25, 0.3) is 5.91 Å². The van der Waals surface area contributed by atoms with Gasteiger partial charge in [0.15, 0.2) is 0 Å². The van der Waals surface area contributed by atoms with Gasteiger partial charge < -0.3 is 24.6 Å². The van der Waals surface area contributed by atoms with Crippen LogP contribution in [0, 0.1) is 0 Å². The molecular weight excluding hydrogens is 278 g/mol. The number of methoxy groups -OCH3 is 2. The van der Waals surface area contributed by atoms with Crippen LogP contribution >= 0.6 is 0 Å².